The average molecular weight is 569 g/mol. The fourth-order valence-electron chi connectivity index (χ4n) is 7.24. The highest BCUT2D eigenvalue weighted by atomic mass is 16.5. The lowest BCUT2D eigenvalue weighted by Gasteiger charge is -2.44. The summed E-state index contributed by atoms with van der Waals surface area (Å²) in [6, 6.07) is 4.51. The van der Waals surface area contributed by atoms with Gasteiger partial charge < -0.3 is 20.1 Å². The quantitative estimate of drug-likeness (QED) is 0.278. The predicted molar refractivity (Wildman–Crippen MR) is 139 cm³/mol. The lowest BCUT2D eigenvalue weighted by Crippen LogP contribution is -2.43. The van der Waals surface area contributed by atoms with Crippen molar-refractivity contribution >= 4 is 35.6 Å². The molecule has 2 heterocycles. The number of methoxy groups -OCH3 is 1. The maximum absolute atomic E-state index is 13.8. The Morgan fingerprint density at radius 3 is 2.02 bits per heavy atom. The number of hydrogen-bond donors (Lipinski definition) is 3. The Hall–Kier alpha value is -4.22. The topological polar surface area (TPSA) is 179 Å². The molecule has 12 nitrogen and oxygen atoms in total. The van der Waals surface area contributed by atoms with Gasteiger partial charge in [-0.1, -0.05) is 17.7 Å². The molecular weight excluding hydrogens is 536 g/mol. The zero-order valence-electron chi connectivity index (χ0n) is 22.5. The van der Waals surface area contributed by atoms with Gasteiger partial charge in [0.05, 0.1) is 30.8 Å². The number of carboxylic acid groups (broad SMARTS) is 2. The van der Waals surface area contributed by atoms with Gasteiger partial charge in [-0.05, 0) is 37.7 Å². The molecule has 2 aliphatic carbocycles. The Bertz CT molecular complexity index is 1350. The van der Waals surface area contributed by atoms with E-state index in [0.717, 1.165) is 15.4 Å². The summed E-state index contributed by atoms with van der Waals surface area (Å²) in [7, 11) is 1.43. The molecule has 4 amide bonds. The predicted octanol–water partition coefficient (Wildman–Crippen LogP) is 1.77. The van der Waals surface area contributed by atoms with Crippen LogP contribution in [0.5, 0.6) is 11.5 Å². The van der Waals surface area contributed by atoms with Crippen molar-refractivity contribution in [1.29, 1.82) is 0 Å². The van der Waals surface area contributed by atoms with E-state index in [4.69, 9.17) is 14.9 Å². The third-order valence-corrected chi connectivity index (χ3v) is 8.93. The fourth-order valence-corrected chi connectivity index (χ4v) is 7.24. The van der Waals surface area contributed by atoms with Gasteiger partial charge in [-0.3, -0.25) is 38.6 Å². The summed E-state index contributed by atoms with van der Waals surface area (Å²) in [5, 5.41) is 28.1. The number of fused-ring (bicyclic) bond motifs is 4. The summed E-state index contributed by atoms with van der Waals surface area (Å²) < 4.78 is 5.55. The van der Waals surface area contributed by atoms with Crippen LogP contribution in [0.15, 0.2) is 29.8 Å². The van der Waals surface area contributed by atoms with Crippen molar-refractivity contribution < 1.29 is 48.8 Å². The number of phenols is 1. The van der Waals surface area contributed by atoms with Crippen molar-refractivity contribution in [1.82, 2.24) is 9.80 Å². The van der Waals surface area contributed by atoms with E-state index < -0.39 is 65.2 Å². The molecule has 4 aliphatic rings. The number of ether oxygens (including phenoxy) is 1. The summed E-state index contributed by atoms with van der Waals surface area (Å²) >= 11 is 0. The molecule has 41 heavy (non-hydrogen) atoms. The normalized spacial score (nSPS) is 28.8. The molecule has 5 rings (SSSR count). The van der Waals surface area contributed by atoms with Gasteiger partial charge in [0, 0.05) is 43.5 Å². The van der Waals surface area contributed by atoms with Crippen LogP contribution in [-0.4, -0.2) is 80.9 Å². The van der Waals surface area contributed by atoms with Gasteiger partial charge in [-0.25, -0.2) is 0 Å². The number of imide groups is 2. The number of amides is 4. The molecule has 3 fully saturated rings. The molecular formula is C29H32N2O10. The number of phenolic OH excluding ortho intramolecular Hbond substituents is 1. The van der Waals surface area contributed by atoms with Crippen LogP contribution in [0.2, 0.25) is 0 Å². The van der Waals surface area contributed by atoms with Crippen LogP contribution in [0.25, 0.3) is 0 Å². The van der Waals surface area contributed by atoms with Gasteiger partial charge in [0.25, 0.3) is 0 Å². The number of nitrogens with zero attached hydrogens (tertiary/aromatic N) is 2. The van der Waals surface area contributed by atoms with Gasteiger partial charge in [-0.2, -0.15) is 0 Å². The van der Waals surface area contributed by atoms with Crippen LogP contribution in [0, 0.1) is 29.6 Å². The van der Waals surface area contributed by atoms with Crippen LogP contribution in [0.3, 0.4) is 0 Å². The third kappa shape index (κ3) is 4.85. The number of hydrogen-bond acceptors (Lipinski definition) is 8. The zero-order chi connectivity index (χ0) is 29.6. The van der Waals surface area contributed by atoms with Gasteiger partial charge in [0.15, 0.2) is 0 Å². The molecule has 3 N–H and O–H groups in total. The molecule has 1 aromatic rings. The molecule has 1 saturated carbocycles. The molecule has 0 unspecified atom stereocenters. The van der Waals surface area contributed by atoms with E-state index >= 15 is 0 Å². The molecule has 2 saturated heterocycles. The third-order valence-electron chi connectivity index (χ3n) is 8.93. The molecule has 12 heteroatoms. The molecule has 0 radical (unpaired) electrons. The van der Waals surface area contributed by atoms with Crippen LogP contribution in [-0.2, 0) is 28.8 Å². The first-order valence-corrected chi connectivity index (χ1v) is 13.8. The van der Waals surface area contributed by atoms with Gasteiger partial charge in [-0.15, -0.1) is 0 Å². The van der Waals surface area contributed by atoms with E-state index in [1.165, 1.54) is 19.2 Å². The second-order valence-corrected chi connectivity index (χ2v) is 11.1. The Labute approximate surface area is 235 Å². The molecule has 0 bridgehead atoms. The van der Waals surface area contributed by atoms with Gasteiger partial charge >= 0.3 is 11.9 Å². The first kappa shape index (κ1) is 28.3. The van der Waals surface area contributed by atoms with Crippen LogP contribution < -0.4 is 4.74 Å². The van der Waals surface area contributed by atoms with Crippen molar-refractivity contribution in [2.75, 3.05) is 20.2 Å². The molecule has 0 aromatic heterocycles. The molecule has 6 atom stereocenters. The highest BCUT2D eigenvalue weighted by molar-refractivity contribution is 6.08. The van der Waals surface area contributed by atoms with E-state index in [-0.39, 0.29) is 63.3 Å². The number of carbonyl (C=O) groups is 6. The van der Waals surface area contributed by atoms with Crippen molar-refractivity contribution in [2.24, 2.45) is 29.6 Å². The van der Waals surface area contributed by atoms with E-state index in [9.17, 15) is 33.9 Å². The summed E-state index contributed by atoms with van der Waals surface area (Å²) in [6.07, 6.45) is 2.18. The lowest BCUT2D eigenvalue weighted by molar-refractivity contribution is -0.143. The van der Waals surface area contributed by atoms with Gasteiger partial charge in [0.1, 0.15) is 11.5 Å². The number of aromatic hydroxyl groups is 1. The van der Waals surface area contributed by atoms with Crippen molar-refractivity contribution in [3.8, 4) is 11.5 Å². The Morgan fingerprint density at radius 2 is 1.44 bits per heavy atom. The van der Waals surface area contributed by atoms with Crippen LogP contribution >= 0.6 is 0 Å². The lowest BCUT2D eigenvalue weighted by atomic mass is 9.57. The zero-order valence-corrected chi connectivity index (χ0v) is 22.5. The number of rotatable bonds is 10. The number of benzene rings is 1. The number of allylic oxidation sites excluding steroid dienone is 2. The highest BCUT2D eigenvalue weighted by Gasteiger charge is 2.62. The second kappa shape index (κ2) is 11.0. The first-order valence-electron chi connectivity index (χ1n) is 13.8. The summed E-state index contributed by atoms with van der Waals surface area (Å²) in [4.78, 5) is 78.6. The van der Waals surface area contributed by atoms with Crippen molar-refractivity contribution in [3.05, 3.63) is 35.4 Å². The molecule has 1 aromatic carbocycles. The monoisotopic (exact) mass is 568 g/mol. The highest BCUT2D eigenvalue weighted by Crippen LogP contribution is 2.59. The Balaban J connectivity index is 1.53. The molecule has 0 spiro atoms. The standard InChI is InChI=1S/C29H32N2O10/c1-41-20-12-14(32)6-7-16(20)23-15-8-9-17-24(28(39)30(26(17)37)10-2-4-21(33)34)18(15)13-19-25(23)29(40)31(27(19)38)11-3-5-22(35)36/h6-8,12,17-19,23-25,32H,2-5,9-11,13H2,1H3,(H,33,34)(H,35,36)/t17-,18+,19+,23+,24-,25+/m0/s1. The van der Waals surface area contributed by atoms with Crippen LogP contribution in [0.4, 0.5) is 0 Å². The van der Waals surface area contributed by atoms with Crippen molar-refractivity contribution in [2.45, 2.75) is 44.4 Å². The summed E-state index contributed by atoms with van der Waals surface area (Å²) in [6.45, 7) is -0.0456. The summed E-state index contributed by atoms with van der Waals surface area (Å²) in [5.41, 5.74) is 1.33. The maximum Gasteiger partial charge on any atom is 0.303 e. The minimum absolute atomic E-state index is 0.00490. The number of aliphatic carboxylic acids is 2. The number of carbonyl (C=O) groups excluding carboxylic acids is 4. The minimum atomic E-state index is -1.03. The fraction of sp³-hybridized carbons (Fsp3) is 0.517. The van der Waals surface area contributed by atoms with E-state index in [0.29, 0.717) is 11.3 Å². The Morgan fingerprint density at radius 1 is 0.854 bits per heavy atom. The number of carboxylic acids is 2. The van der Waals surface area contributed by atoms with E-state index in [1.807, 2.05) is 6.08 Å². The largest absolute Gasteiger partial charge is 0.508 e. The SMILES string of the molecule is COc1cc(O)ccc1[C@H]1C2=CC[C@@H]3C(=O)N(CCCC(=O)O)C(=O)[C@@H]3[C@@H]2C[C@H]2C(=O)N(CCCC(=O)O)C(=O)[C@@H]12. The molecule has 218 valence electrons. The average Bonchev–Trinajstić information content (AvgIpc) is 3.31. The maximum atomic E-state index is 13.8. The van der Waals surface area contributed by atoms with Crippen LogP contribution in [0.1, 0.15) is 50.0 Å². The number of likely N-dealkylation sites (tertiary alicyclic amines) is 2. The summed E-state index contributed by atoms with van der Waals surface area (Å²) in [5.74, 6) is -7.57. The van der Waals surface area contributed by atoms with E-state index in [1.54, 1.807) is 6.07 Å². The van der Waals surface area contributed by atoms with Gasteiger partial charge in [0.2, 0.25) is 23.6 Å². The smallest absolute Gasteiger partial charge is 0.303 e. The second-order valence-electron chi connectivity index (χ2n) is 11.1. The minimum Gasteiger partial charge on any atom is -0.508 e. The Kier molecular flexibility index (Phi) is 7.58. The molecule has 2 aliphatic heterocycles. The van der Waals surface area contributed by atoms with Crippen molar-refractivity contribution in [3.63, 3.8) is 0 Å². The first-order chi connectivity index (χ1) is 19.5. The van der Waals surface area contributed by atoms with E-state index in [2.05, 4.69) is 0 Å².